The van der Waals surface area contributed by atoms with Gasteiger partial charge in [-0.05, 0) is 38.1 Å². The van der Waals surface area contributed by atoms with Crippen LogP contribution in [0.15, 0.2) is 29.2 Å². The molecule has 4 nitrogen and oxygen atoms in total. The third-order valence-electron chi connectivity index (χ3n) is 3.27. The molecule has 1 amide bonds. The SMILES string of the molecule is COc1ccc(SC(C)C(=O)N2CCOC(C)C2)cc1. The first-order valence-electron chi connectivity index (χ1n) is 6.81. The second-order valence-electron chi connectivity index (χ2n) is 4.90. The molecule has 0 aliphatic carbocycles. The van der Waals surface area contributed by atoms with Gasteiger partial charge in [-0.3, -0.25) is 4.79 Å². The largest absolute Gasteiger partial charge is 0.497 e. The van der Waals surface area contributed by atoms with Gasteiger partial charge in [0.1, 0.15) is 5.75 Å². The average Bonchev–Trinajstić information content (AvgIpc) is 2.47. The van der Waals surface area contributed by atoms with Gasteiger partial charge in [0.05, 0.1) is 25.1 Å². The Kier molecular flexibility index (Phi) is 5.31. The quantitative estimate of drug-likeness (QED) is 0.800. The maximum absolute atomic E-state index is 12.4. The average molecular weight is 295 g/mol. The summed E-state index contributed by atoms with van der Waals surface area (Å²) < 4.78 is 10.6. The van der Waals surface area contributed by atoms with Crippen LogP contribution in [0.4, 0.5) is 0 Å². The Morgan fingerprint density at radius 1 is 1.45 bits per heavy atom. The number of carbonyl (C=O) groups excluding carboxylic acids is 1. The van der Waals surface area contributed by atoms with Crippen LogP contribution in [0.25, 0.3) is 0 Å². The molecule has 0 aromatic heterocycles. The highest BCUT2D eigenvalue weighted by molar-refractivity contribution is 8.00. The maximum Gasteiger partial charge on any atom is 0.235 e. The van der Waals surface area contributed by atoms with Gasteiger partial charge < -0.3 is 14.4 Å². The molecule has 2 atom stereocenters. The molecule has 1 fully saturated rings. The van der Waals surface area contributed by atoms with Crippen molar-refractivity contribution in [3.8, 4) is 5.75 Å². The Bertz CT molecular complexity index is 449. The summed E-state index contributed by atoms with van der Waals surface area (Å²) in [7, 11) is 1.65. The monoisotopic (exact) mass is 295 g/mol. The van der Waals surface area contributed by atoms with Crippen LogP contribution in [0.3, 0.4) is 0 Å². The number of thioether (sulfide) groups is 1. The minimum atomic E-state index is -0.0892. The van der Waals surface area contributed by atoms with Crippen molar-refractivity contribution in [2.24, 2.45) is 0 Å². The summed E-state index contributed by atoms with van der Waals surface area (Å²) in [5.74, 6) is 1.01. The van der Waals surface area contributed by atoms with Gasteiger partial charge in [0.15, 0.2) is 0 Å². The van der Waals surface area contributed by atoms with Crippen molar-refractivity contribution in [3.05, 3.63) is 24.3 Å². The predicted molar refractivity (Wildman–Crippen MR) is 80.3 cm³/mol. The van der Waals surface area contributed by atoms with Crippen LogP contribution in [0.2, 0.25) is 0 Å². The summed E-state index contributed by atoms with van der Waals surface area (Å²) in [6, 6.07) is 7.79. The van der Waals surface area contributed by atoms with Crippen molar-refractivity contribution in [1.29, 1.82) is 0 Å². The van der Waals surface area contributed by atoms with E-state index in [1.807, 2.05) is 43.0 Å². The summed E-state index contributed by atoms with van der Waals surface area (Å²) >= 11 is 1.58. The minimum Gasteiger partial charge on any atom is -0.497 e. The first-order valence-corrected chi connectivity index (χ1v) is 7.69. The number of rotatable bonds is 4. The molecule has 1 aromatic carbocycles. The standard InChI is InChI=1S/C15H21NO3S/c1-11-10-16(8-9-19-11)15(17)12(2)20-14-6-4-13(18-3)5-7-14/h4-7,11-12H,8-10H2,1-3H3. The van der Waals surface area contributed by atoms with Crippen LogP contribution in [-0.4, -0.2) is 49.0 Å². The summed E-state index contributed by atoms with van der Waals surface area (Å²) in [6.07, 6.45) is 0.130. The van der Waals surface area contributed by atoms with E-state index in [0.29, 0.717) is 19.7 Å². The van der Waals surface area contributed by atoms with Gasteiger partial charge in [-0.2, -0.15) is 0 Å². The van der Waals surface area contributed by atoms with Crippen LogP contribution >= 0.6 is 11.8 Å². The zero-order chi connectivity index (χ0) is 14.5. The molecule has 1 aromatic rings. The number of benzene rings is 1. The third-order valence-corrected chi connectivity index (χ3v) is 4.37. The number of amides is 1. The van der Waals surface area contributed by atoms with Gasteiger partial charge in [-0.25, -0.2) is 0 Å². The van der Waals surface area contributed by atoms with Gasteiger partial charge in [0.25, 0.3) is 0 Å². The van der Waals surface area contributed by atoms with Gasteiger partial charge in [-0.1, -0.05) is 0 Å². The van der Waals surface area contributed by atoms with Crippen LogP contribution < -0.4 is 4.74 Å². The van der Waals surface area contributed by atoms with Crippen molar-refractivity contribution in [2.75, 3.05) is 26.8 Å². The topological polar surface area (TPSA) is 38.8 Å². The van der Waals surface area contributed by atoms with E-state index in [-0.39, 0.29) is 17.3 Å². The number of morpholine rings is 1. The Morgan fingerprint density at radius 3 is 2.75 bits per heavy atom. The molecule has 0 spiro atoms. The highest BCUT2D eigenvalue weighted by Gasteiger charge is 2.25. The molecule has 1 heterocycles. The highest BCUT2D eigenvalue weighted by atomic mass is 32.2. The summed E-state index contributed by atoms with van der Waals surface area (Å²) in [4.78, 5) is 15.4. The van der Waals surface area contributed by atoms with E-state index in [9.17, 15) is 4.79 Å². The zero-order valence-corrected chi connectivity index (χ0v) is 13.0. The Labute approximate surface area is 124 Å². The number of carbonyl (C=O) groups is 1. The van der Waals surface area contributed by atoms with Gasteiger partial charge in [0.2, 0.25) is 5.91 Å². The minimum absolute atomic E-state index is 0.0892. The molecule has 1 aliphatic heterocycles. The molecule has 110 valence electrons. The van der Waals surface area contributed by atoms with Gasteiger partial charge in [0, 0.05) is 18.0 Å². The number of ether oxygens (including phenoxy) is 2. The molecule has 1 aliphatic rings. The molecule has 0 saturated carbocycles. The second-order valence-corrected chi connectivity index (χ2v) is 6.32. The van der Waals surface area contributed by atoms with Crippen molar-refractivity contribution in [1.82, 2.24) is 4.90 Å². The van der Waals surface area contributed by atoms with E-state index in [2.05, 4.69) is 0 Å². The lowest BCUT2D eigenvalue weighted by Crippen LogP contribution is -2.47. The number of hydrogen-bond donors (Lipinski definition) is 0. The van der Waals surface area contributed by atoms with Crippen LogP contribution in [0, 0.1) is 0 Å². The smallest absolute Gasteiger partial charge is 0.235 e. The lowest BCUT2D eigenvalue weighted by Gasteiger charge is -2.32. The van der Waals surface area contributed by atoms with E-state index in [4.69, 9.17) is 9.47 Å². The number of methoxy groups -OCH3 is 1. The predicted octanol–water partition coefficient (Wildman–Crippen LogP) is 2.42. The Morgan fingerprint density at radius 2 is 2.15 bits per heavy atom. The van der Waals surface area contributed by atoms with E-state index < -0.39 is 0 Å². The molecule has 1 saturated heterocycles. The fraction of sp³-hybridized carbons (Fsp3) is 0.533. The van der Waals surface area contributed by atoms with Gasteiger partial charge >= 0.3 is 0 Å². The molecule has 0 N–H and O–H groups in total. The molecule has 2 unspecified atom stereocenters. The van der Waals surface area contributed by atoms with E-state index in [1.165, 1.54) is 0 Å². The third kappa shape index (κ3) is 3.90. The van der Waals surface area contributed by atoms with Gasteiger partial charge in [-0.15, -0.1) is 11.8 Å². The molecule has 2 rings (SSSR count). The second kappa shape index (κ2) is 6.99. The fourth-order valence-electron chi connectivity index (χ4n) is 2.18. The van der Waals surface area contributed by atoms with E-state index >= 15 is 0 Å². The zero-order valence-electron chi connectivity index (χ0n) is 12.2. The highest BCUT2D eigenvalue weighted by Crippen LogP contribution is 2.26. The molecule has 0 radical (unpaired) electrons. The Balaban J connectivity index is 1.92. The summed E-state index contributed by atoms with van der Waals surface area (Å²) in [6.45, 7) is 5.97. The molecule has 20 heavy (non-hydrogen) atoms. The summed E-state index contributed by atoms with van der Waals surface area (Å²) in [5.41, 5.74) is 0. The fourth-order valence-corrected chi connectivity index (χ4v) is 3.14. The first-order chi connectivity index (χ1) is 9.60. The van der Waals surface area contributed by atoms with Crippen molar-refractivity contribution < 1.29 is 14.3 Å². The number of hydrogen-bond acceptors (Lipinski definition) is 4. The molecule has 5 heteroatoms. The summed E-state index contributed by atoms with van der Waals surface area (Å²) in [5, 5.41) is -0.0892. The Hall–Kier alpha value is -1.20. The molecule has 0 bridgehead atoms. The lowest BCUT2D eigenvalue weighted by atomic mass is 10.3. The van der Waals surface area contributed by atoms with Crippen LogP contribution in [0.1, 0.15) is 13.8 Å². The van der Waals surface area contributed by atoms with Crippen LogP contribution in [-0.2, 0) is 9.53 Å². The van der Waals surface area contributed by atoms with E-state index in [1.54, 1.807) is 18.9 Å². The number of nitrogens with zero attached hydrogens (tertiary/aromatic N) is 1. The van der Waals surface area contributed by atoms with Crippen molar-refractivity contribution in [3.63, 3.8) is 0 Å². The molecular formula is C15H21NO3S. The van der Waals surface area contributed by atoms with Crippen molar-refractivity contribution in [2.45, 2.75) is 30.1 Å². The maximum atomic E-state index is 12.4. The molecular weight excluding hydrogens is 274 g/mol. The van der Waals surface area contributed by atoms with Crippen molar-refractivity contribution >= 4 is 17.7 Å². The first kappa shape index (κ1) is 15.2. The normalized spacial score (nSPS) is 20.6. The lowest BCUT2D eigenvalue weighted by molar-refractivity contribution is -0.137. The van der Waals surface area contributed by atoms with Crippen LogP contribution in [0.5, 0.6) is 5.75 Å². The van der Waals surface area contributed by atoms with E-state index in [0.717, 1.165) is 10.6 Å².